The number of halogens is 3. The van der Waals surface area contributed by atoms with Gasteiger partial charge in [0.1, 0.15) is 0 Å². The molecule has 0 saturated heterocycles. The smallest absolute Gasteiger partial charge is 0.453 e. The summed E-state index contributed by atoms with van der Waals surface area (Å²) in [6.07, 6.45) is -3.38. The number of rotatable bonds is 4. The highest BCUT2D eigenvalue weighted by Crippen LogP contribution is 2.29. The first-order chi connectivity index (χ1) is 11.8. The minimum atomic E-state index is -4.70. The summed E-state index contributed by atoms with van der Waals surface area (Å²) in [4.78, 5) is 13.8. The van der Waals surface area contributed by atoms with Crippen LogP contribution < -0.4 is 0 Å². The Labute approximate surface area is 138 Å². The summed E-state index contributed by atoms with van der Waals surface area (Å²) in [5.74, 6) is -1.22. The molecule has 0 atom stereocenters. The fourth-order valence-electron chi connectivity index (χ4n) is 2.35. The van der Waals surface area contributed by atoms with Crippen LogP contribution in [0.4, 0.5) is 18.9 Å². The number of hydrogen-bond donors (Lipinski definition) is 0. The van der Waals surface area contributed by atoms with Gasteiger partial charge in [0.05, 0.1) is 17.7 Å². The van der Waals surface area contributed by atoms with Crippen molar-refractivity contribution in [1.82, 2.24) is 14.8 Å². The maximum absolute atomic E-state index is 12.9. The molecule has 0 fully saturated rings. The molecule has 10 heteroatoms. The number of aryl methyl sites for hydroxylation is 1. The highest BCUT2D eigenvalue weighted by Gasteiger charge is 2.37. The van der Waals surface area contributed by atoms with E-state index in [0.29, 0.717) is 11.1 Å². The van der Waals surface area contributed by atoms with Crippen molar-refractivity contribution in [2.75, 3.05) is 0 Å². The molecule has 2 aromatic heterocycles. The van der Waals surface area contributed by atoms with Crippen LogP contribution in [0, 0.1) is 17.0 Å². The molecule has 0 aliphatic heterocycles. The van der Waals surface area contributed by atoms with E-state index >= 15 is 0 Å². The third-order valence-electron chi connectivity index (χ3n) is 3.46. The lowest BCUT2D eigenvalue weighted by atomic mass is 10.1. The molecule has 7 nitrogen and oxygen atoms in total. The molecule has 0 aliphatic carbocycles. The number of aromatic nitrogens is 3. The average Bonchev–Trinajstić information content (AvgIpc) is 3.15. The minimum absolute atomic E-state index is 0.0437. The second-order valence-corrected chi connectivity index (χ2v) is 5.27. The molecule has 1 aromatic carbocycles. The van der Waals surface area contributed by atoms with E-state index in [0.717, 1.165) is 4.68 Å². The van der Waals surface area contributed by atoms with Crippen LogP contribution in [0.3, 0.4) is 0 Å². The van der Waals surface area contributed by atoms with Gasteiger partial charge in [-0.3, -0.25) is 10.1 Å². The van der Waals surface area contributed by atoms with Gasteiger partial charge < -0.3 is 4.42 Å². The van der Waals surface area contributed by atoms with Crippen LogP contribution in [0.5, 0.6) is 0 Å². The van der Waals surface area contributed by atoms with Crippen LogP contribution >= 0.6 is 0 Å². The predicted octanol–water partition coefficient (Wildman–Crippen LogP) is 3.82. The zero-order valence-corrected chi connectivity index (χ0v) is 12.8. The van der Waals surface area contributed by atoms with Crippen molar-refractivity contribution in [3.8, 4) is 11.6 Å². The molecule has 0 amide bonds. The Morgan fingerprint density at radius 3 is 2.64 bits per heavy atom. The number of nitro benzene ring substituents is 1. The van der Waals surface area contributed by atoms with E-state index in [4.69, 9.17) is 4.42 Å². The Morgan fingerprint density at radius 1 is 1.32 bits per heavy atom. The van der Waals surface area contributed by atoms with Gasteiger partial charge >= 0.3 is 6.18 Å². The van der Waals surface area contributed by atoms with Crippen LogP contribution in [0.2, 0.25) is 0 Å². The van der Waals surface area contributed by atoms with Gasteiger partial charge in [-0.15, -0.1) is 5.10 Å². The number of furan rings is 1. The summed E-state index contributed by atoms with van der Waals surface area (Å²) in [6, 6.07) is 7.29. The number of nitro groups is 1. The second-order valence-electron chi connectivity index (χ2n) is 5.27. The molecule has 130 valence electrons. The molecular weight excluding hydrogens is 341 g/mol. The molecule has 3 rings (SSSR count). The van der Waals surface area contributed by atoms with E-state index in [2.05, 4.69) is 10.1 Å². The Bertz CT molecular complexity index is 917. The lowest BCUT2D eigenvalue weighted by Gasteiger charge is -2.06. The van der Waals surface area contributed by atoms with Crippen LogP contribution in [0.25, 0.3) is 11.6 Å². The molecule has 0 aliphatic rings. The van der Waals surface area contributed by atoms with Crippen molar-refractivity contribution >= 4 is 5.69 Å². The van der Waals surface area contributed by atoms with E-state index in [1.165, 1.54) is 36.6 Å². The van der Waals surface area contributed by atoms with Gasteiger partial charge in [-0.2, -0.15) is 18.2 Å². The van der Waals surface area contributed by atoms with Crippen molar-refractivity contribution in [3.05, 3.63) is 63.7 Å². The fourth-order valence-corrected chi connectivity index (χ4v) is 2.35. The molecule has 2 heterocycles. The number of hydrogen-bond acceptors (Lipinski definition) is 5. The average molecular weight is 352 g/mol. The van der Waals surface area contributed by atoms with Crippen molar-refractivity contribution in [3.63, 3.8) is 0 Å². The SMILES string of the molecule is Cc1cc(Cn2nc(C(F)(F)F)nc2-c2ccco2)ccc1[N+](=O)[O-]. The van der Waals surface area contributed by atoms with Crippen LogP contribution in [0.1, 0.15) is 17.0 Å². The molecule has 0 bridgehead atoms. The number of benzene rings is 1. The summed E-state index contributed by atoms with van der Waals surface area (Å²) in [7, 11) is 0. The number of alkyl halides is 3. The van der Waals surface area contributed by atoms with E-state index in [9.17, 15) is 23.3 Å². The Balaban J connectivity index is 2.01. The lowest BCUT2D eigenvalue weighted by Crippen LogP contribution is -2.09. The molecule has 0 radical (unpaired) electrons. The normalized spacial score (nSPS) is 11.7. The van der Waals surface area contributed by atoms with Crippen LogP contribution in [-0.4, -0.2) is 19.7 Å². The number of nitrogens with zero attached hydrogens (tertiary/aromatic N) is 4. The maximum Gasteiger partial charge on any atom is 0.453 e. The summed E-state index contributed by atoms with van der Waals surface area (Å²) in [6.45, 7) is 1.51. The summed E-state index contributed by atoms with van der Waals surface area (Å²) >= 11 is 0. The van der Waals surface area contributed by atoms with Gasteiger partial charge in [0.2, 0.25) is 0 Å². The van der Waals surface area contributed by atoms with E-state index < -0.39 is 16.9 Å². The first-order valence-electron chi connectivity index (χ1n) is 7.05. The first kappa shape index (κ1) is 16.7. The molecular formula is C15H11F3N4O3. The lowest BCUT2D eigenvalue weighted by molar-refractivity contribution is -0.385. The fraction of sp³-hybridized carbons (Fsp3) is 0.200. The Hall–Kier alpha value is -3.17. The molecule has 0 spiro atoms. The van der Waals surface area contributed by atoms with Crippen molar-refractivity contribution in [2.24, 2.45) is 0 Å². The quantitative estimate of drug-likeness (QED) is 0.526. The molecule has 0 N–H and O–H groups in total. The molecule has 3 aromatic rings. The zero-order valence-electron chi connectivity index (χ0n) is 12.8. The van der Waals surface area contributed by atoms with E-state index in [1.54, 1.807) is 6.92 Å². The first-order valence-corrected chi connectivity index (χ1v) is 7.05. The summed E-state index contributed by atoms with van der Waals surface area (Å²) in [5, 5.41) is 14.4. The maximum atomic E-state index is 12.9. The molecule has 0 unspecified atom stereocenters. The third-order valence-corrected chi connectivity index (χ3v) is 3.46. The van der Waals surface area contributed by atoms with E-state index in [1.807, 2.05) is 0 Å². The molecule has 0 saturated carbocycles. The largest absolute Gasteiger partial charge is 0.461 e. The van der Waals surface area contributed by atoms with Crippen molar-refractivity contribution < 1.29 is 22.5 Å². The summed E-state index contributed by atoms with van der Waals surface area (Å²) < 4.78 is 44.9. The standard InChI is InChI=1S/C15H11F3N4O3/c1-9-7-10(4-5-11(9)22(23)24)8-21-13(12-3-2-6-25-12)19-14(20-21)15(16,17)18/h2-7H,8H2,1H3. The van der Waals surface area contributed by atoms with Crippen LogP contribution in [-0.2, 0) is 12.7 Å². The van der Waals surface area contributed by atoms with Gasteiger partial charge in [0.25, 0.3) is 11.5 Å². The third kappa shape index (κ3) is 3.37. The van der Waals surface area contributed by atoms with Gasteiger partial charge in [0, 0.05) is 11.6 Å². The summed E-state index contributed by atoms with van der Waals surface area (Å²) in [5.41, 5.74) is 0.886. The Kier molecular flexibility index (Phi) is 4.03. The van der Waals surface area contributed by atoms with Crippen molar-refractivity contribution in [1.29, 1.82) is 0 Å². The molecule has 25 heavy (non-hydrogen) atoms. The van der Waals surface area contributed by atoms with Gasteiger partial charge in [-0.1, -0.05) is 6.07 Å². The van der Waals surface area contributed by atoms with Gasteiger partial charge in [0.15, 0.2) is 11.6 Å². The highest BCUT2D eigenvalue weighted by molar-refractivity contribution is 5.47. The highest BCUT2D eigenvalue weighted by atomic mass is 19.4. The predicted molar refractivity (Wildman–Crippen MR) is 79.7 cm³/mol. The second kappa shape index (κ2) is 6.04. The van der Waals surface area contributed by atoms with Crippen LogP contribution in [0.15, 0.2) is 41.0 Å². The van der Waals surface area contributed by atoms with Crippen molar-refractivity contribution in [2.45, 2.75) is 19.6 Å². The zero-order chi connectivity index (χ0) is 18.2. The van der Waals surface area contributed by atoms with E-state index in [-0.39, 0.29) is 23.8 Å². The minimum Gasteiger partial charge on any atom is -0.461 e. The van der Waals surface area contributed by atoms with Gasteiger partial charge in [-0.05, 0) is 30.7 Å². The topological polar surface area (TPSA) is 87.0 Å². The van der Waals surface area contributed by atoms with Gasteiger partial charge in [-0.25, -0.2) is 4.68 Å². The monoisotopic (exact) mass is 352 g/mol. The Morgan fingerprint density at radius 2 is 2.08 bits per heavy atom.